The largest absolute Gasteiger partial charge is 0.326 e. The number of carbonyl (C=O) groups is 2. The number of hydrogen-bond donors (Lipinski definition) is 2. The maximum Gasteiger partial charge on any atom is 0.248 e. The second-order valence-corrected chi connectivity index (χ2v) is 6.19. The van der Waals surface area contributed by atoms with Crippen LogP contribution >= 0.6 is 27.5 Å². The van der Waals surface area contributed by atoms with E-state index in [2.05, 4.69) is 26.6 Å². The van der Waals surface area contributed by atoms with Crippen molar-refractivity contribution in [1.29, 1.82) is 0 Å². The van der Waals surface area contributed by atoms with Crippen LogP contribution in [0.15, 0.2) is 46.9 Å². The smallest absolute Gasteiger partial charge is 0.248 e. The molecule has 0 saturated heterocycles. The lowest BCUT2D eigenvalue weighted by Gasteiger charge is -2.08. The first-order valence-electron chi connectivity index (χ1n) is 6.86. The zero-order chi connectivity index (χ0) is 17.7. The maximum absolute atomic E-state index is 13.6. The van der Waals surface area contributed by atoms with E-state index in [1.165, 1.54) is 31.2 Å². The van der Waals surface area contributed by atoms with Gasteiger partial charge in [0.2, 0.25) is 11.8 Å². The van der Waals surface area contributed by atoms with Crippen LogP contribution in [-0.4, -0.2) is 11.8 Å². The van der Waals surface area contributed by atoms with Gasteiger partial charge in [0.1, 0.15) is 5.82 Å². The number of anilines is 2. The first kappa shape index (κ1) is 18.2. The van der Waals surface area contributed by atoms with Crippen molar-refractivity contribution in [2.75, 3.05) is 10.6 Å². The first-order chi connectivity index (χ1) is 11.3. The molecule has 0 aliphatic rings. The molecule has 0 aliphatic carbocycles. The summed E-state index contributed by atoms with van der Waals surface area (Å²) >= 11 is 9.26. The minimum atomic E-state index is -0.476. The summed E-state index contributed by atoms with van der Waals surface area (Å²) < 4.78 is 14.3. The summed E-state index contributed by atoms with van der Waals surface area (Å²) in [7, 11) is 0. The van der Waals surface area contributed by atoms with E-state index < -0.39 is 11.7 Å². The third-order valence-electron chi connectivity index (χ3n) is 2.92. The van der Waals surface area contributed by atoms with E-state index in [1.807, 2.05) is 0 Å². The van der Waals surface area contributed by atoms with E-state index in [4.69, 9.17) is 11.6 Å². The Balaban J connectivity index is 2.13. The normalized spacial score (nSPS) is 10.7. The Bertz CT molecular complexity index is 824. The van der Waals surface area contributed by atoms with Crippen molar-refractivity contribution in [3.8, 4) is 0 Å². The molecule has 2 aromatic rings. The molecule has 2 rings (SSSR count). The van der Waals surface area contributed by atoms with Gasteiger partial charge in [0.05, 0.1) is 10.7 Å². The van der Waals surface area contributed by atoms with Crippen LogP contribution in [0.25, 0.3) is 6.08 Å². The Morgan fingerprint density at radius 1 is 1.17 bits per heavy atom. The molecule has 2 aromatic carbocycles. The molecule has 4 nitrogen and oxygen atoms in total. The molecule has 0 radical (unpaired) electrons. The van der Waals surface area contributed by atoms with Gasteiger partial charge in [-0.25, -0.2) is 4.39 Å². The van der Waals surface area contributed by atoms with Crippen molar-refractivity contribution in [2.24, 2.45) is 0 Å². The van der Waals surface area contributed by atoms with Gasteiger partial charge in [-0.3, -0.25) is 9.59 Å². The fourth-order valence-corrected chi connectivity index (χ4v) is 2.43. The fraction of sp³-hybridized carbons (Fsp3) is 0.0588. The molecule has 0 unspecified atom stereocenters. The van der Waals surface area contributed by atoms with Crippen LogP contribution in [-0.2, 0) is 9.59 Å². The molecule has 0 aromatic heterocycles. The number of hydrogen-bond acceptors (Lipinski definition) is 2. The van der Waals surface area contributed by atoms with E-state index >= 15 is 0 Å². The Morgan fingerprint density at radius 2 is 1.92 bits per heavy atom. The Labute approximate surface area is 151 Å². The maximum atomic E-state index is 13.6. The van der Waals surface area contributed by atoms with Crippen LogP contribution in [0.3, 0.4) is 0 Å². The summed E-state index contributed by atoms with van der Waals surface area (Å²) in [5.74, 6) is -1.15. The molecule has 0 saturated carbocycles. The van der Waals surface area contributed by atoms with E-state index in [0.29, 0.717) is 20.9 Å². The van der Waals surface area contributed by atoms with Crippen molar-refractivity contribution >= 4 is 56.8 Å². The SMILES string of the molecule is CC(=O)Nc1ccc(Cl)c(NC(=O)/C=C/c2cc(Br)ccc2F)c1. The van der Waals surface area contributed by atoms with Crippen molar-refractivity contribution in [1.82, 2.24) is 0 Å². The molecule has 0 heterocycles. The topological polar surface area (TPSA) is 58.2 Å². The zero-order valence-electron chi connectivity index (χ0n) is 12.6. The summed E-state index contributed by atoms with van der Waals surface area (Å²) in [6.07, 6.45) is 2.56. The average Bonchev–Trinajstić information content (AvgIpc) is 2.51. The monoisotopic (exact) mass is 410 g/mol. The first-order valence-corrected chi connectivity index (χ1v) is 8.03. The van der Waals surface area contributed by atoms with Crippen LogP contribution in [0, 0.1) is 5.82 Å². The highest BCUT2D eigenvalue weighted by Crippen LogP contribution is 2.25. The number of halogens is 3. The highest BCUT2D eigenvalue weighted by molar-refractivity contribution is 9.10. The van der Waals surface area contributed by atoms with Crippen LogP contribution in [0.4, 0.5) is 15.8 Å². The Hall–Kier alpha value is -2.18. The summed E-state index contributed by atoms with van der Waals surface area (Å²) in [5.41, 5.74) is 1.12. The number of rotatable bonds is 4. The van der Waals surface area contributed by atoms with Gasteiger partial charge in [-0.15, -0.1) is 0 Å². The van der Waals surface area contributed by atoms with Gasteiger partial charge in [0.25, 0.3) is 0 Å². The number of carbonyl (C=O) groups excluding carboxylic acids is 2. The van der Waals surface area contributed by atoms with Crippen LogP contribution in [0.1, 0.15) is 12.5 Å². The molecule has 2 N–H and O–H groups in total. The fourth-order valence-electron chi connectivity index (χ4n) is 1.88. The summed E-state index contributed by atoms with van der Waals surface area (Å²) in [4.78, 5) is 23.1. The standard InChI is InChI=1S/C17H13BrClFN2O2/c1-10(23)21-13-4-5-14(19)16(9-13)22-17(24)7-2-11-8-12(18)3-6-15(11)20/h2-9H,1H3,(H,21,23)(H,22,24)/b7-2+. The lowest BCUT2D eigenvalue weighted by atomic mass is 10.2. The van der Waals surface area contributed by atoms with Gasteiger partial charge in [0, 0.05) is 28.7 Å². The second kappa shape index (κ2) is 8.08. The van der Waals surface area contributed by atoms with E-state index in [-0.39, 0.29) is 11.5 Å². The lowest BCUT2D eigenvalue weighted by Crippen LogP contribution is -2.10. The summed E-state index contributed by atoms with van der Waals surface area (Å²) in [5, 5.41) is 5.50. The number of nitrogens with one attached hydrogen (secondary N) is 2. The molecule has 124 valence electrons. The van der Waals surface area contributed by atoms with Gasteiger partial charge in [-0.1, -0.05) is 27.5 Å². The molecule has 7 heteroatoms. The van der Waals surface area contributed by atoms with Crippen LogP contribution < -0.4 is 10.6 Å². The van der Waals surface area contributed by atoms with E-state index in [0.717, 1.165) is 0 Å². The average molecular weight is 412 g/mol. The zero-order valence-corrected chi connectivity index (χ0v) is 14.9. The lowest BCUT2D eigenvalue weighted by molar-refractivity contribution is -0.114. The van der Waals surface area contributed by atoms with Gasteiger partial charge < -0.3 is 10.6 Å². The minimum absolute atomic E-state index is 0.236. The molecule has 0 atom stereocenters. The van der Waals surface area contributed by atoms with Gasteiger partial charge in [-0.2, -0.15) is 0 Å². The van der Waals surface area contributed by atoms with E-state index in [9.17, 15) is 14.0 Å². The summed E-state index contributed by atoms with van der Waals surface area (Å²) in [6, 6.07) is 9.14. The predicted octanol–water partition coefficient (Wildman–Crippen LogP) is 4.85. The highest BCUT2D eigenvalue weighted by atomic mass is 79.9. The summed E-state index contributed by atoms with van der Waals surface area (Å²) in [6.45, 7) is 1.38. The minimum Gasteiger partial charge on any atom is -0.326 e. The van der Waals surface area contributed by atoms with Gasteiger partial charge in [0.15, 0.2) is 0 Å². The van der Waals surface area contributed by atoms with Gasteiger partial charge >= 0.3 is 0 Å². The van der Waals surface area contributed by atoms with Crippen molar-refractivity contribution < 1.29 is 14.0 Å². The molecular formula is C17H13BrClFN2O2. The van der Waals surface area contributed by atoms with Crippen LogP contribution in [0.2, 0.25) is 5.02 Å². The predicted molar refractivity (Wildman–Crippen MR) is 97.5 cm³/mol. The molecular weight excluding hydrogens is 399 g/mol. The number of amides is 2. The molecule has 0 bridgehead atoms. The van der Waals surface area contributed by atoms with Crippen LogP contribution in [0.5, 0.6) is 0 Å². The Morgan fingerprint density at radius 3 is 2.62 bits per heavy atom. The highest BCUT2D eigenvalue weighted by Gasteiger charge is 2.06. The Kier molecular flexibility index (Phi) is 6.11. The molecule has 2 amide bonds. The van der Waals surface area contributed by atoms with Crippen molar-refractivity contribution in [3.05, 3.63) is 63.4 Å². The molecule has 0 spiro atoms. The van der Waals surface area contributed by atoms with E-state index in [1.54, 1.807) is 24.3 Å². The van der Waals surface area contributed by atoms with Crippen molar-refractivity contribution in [3.63, 3.8) is 0 Å². The van der Waals surface area contributed by atoms with Crippen molar-refractivity contribution in [2.45, 2.75) is 6.92 Å². The third-order valence-corrected chi connectivity index (χ3v) is 3.74. The second-order valence-electron chi connectivity index (χ2n) is 4.86. The number of benzene rings is 2. The molecule has 0 fully saturated rings. The quantitative estimate of drug-likeness (QED) is 0.707. The molecule has 24 heavy (non-hydrogen) atoms. The van der Waals surface area contributed by atoms with Gasteiger partial charge in [-0.05, 0) is 42.5 Å². The third kappa shape index (κ3) is 5.18. The molecule has 0 aliphatic heterocycles.